The molecule has 0 aliphatic rings. The molecule has 1 amide bonds. The summed E-state index contributed by atoms with van der Waals surface area (Å²) in [5.41, 5.74) is 4.51. The van der Waals surface area contributed by atoms with Crippen LogP contribution in [0.3, 0.4) is 0 Å². The van der Waals surface area contributed by atoms with Gasteiger partial charge in [-0.1, -0.05) is 65.7 Å². The monoisotopic (exact) mass is 397 g/mol. The highest BCUT2D eigenvalue weighted by Crippen LogP contribution is 2.25. The van der Waals surface area contributed by atoms with Gasteiger partial charge in [-0.15, -0.1) is 0 Å². The first kappa shape index (κ1) is 19.6. The molecule has 1 heterocycles. The van der Waals surface area contributed by atoms with Crippen molar-refractivity contribution in [2.45, 2.75) is 26.8 Å². The van der Waals surface area contributed by atoms with Crippen molar-refractivity contribution in [3.63, 3.8) is 0 Å². The van der Waals surface area contributed by atoms with Gasteiger partial charge in [0.05, 0.1) is 17.6 Å². The summed E-state index contributed by atoms with van der Waals surface area (Å²) < 4.78 is 1.40. The normalized spacial score (nSPS) is 10.9. The third-order valence-electron chi connectivity index (χ3n) is 5.08. The van der Waals surface area contributed by atoms with Gasteiger partial charge in [0.2, 0.25) is 5.91 Å². The number of benzene rings is 3. The van der Waals surface area contributed by atoms with Crippen LogP contribution in [0.1, 0.15) is 17.5 Å². The second kappa shape index (κ2) is 8.33. The third-order valence-corrected chi connectivity index (χ3v) is 5.08. The number of carbonyl (C=O) groups is 1. The molecule has 0 fully saturated rings. The van der Waals surface area contributed by atoms with E-state index in [1.807, 2.05) is 80.6 Å². The molecule has 1 aromatic heterocycles. The Bertz CT molecular complexity index is 1260. The van der Waals surface area contributed by atoms with Crippen LogP contribution in [0.25, 0.3) is 22.0 Å². The van der Waals surface area contributed by atoms with Crippen molar-refractivity contribution >= 4 is 22.4 Å². The van der Waals surface area contributed by atoms with Crippen LogP contribution < -0.4 is 10.9 Å². The van der Waals surface area contributed by atoms with E-state index in [9.17, 15) is 9.59 Å². The van der Waals surface area contributed by atoms with Crippen LogP contribution >= 0.6 is 0 Å². The number of hydrogen-bond acceptors (Lipinski definition) is 3. The molecule has 150 valence electrons. The molecule has 5 heteroatoms. The van der Waals surface area contributed by atoms with Crippen molar-refractivity contribution in [2.24, 2.45) is 0 Å². The first-order valence-electron chi connectivity index (χ1n) is 9.95. The van der Waals surface area contributed by atoms with Crippen LogP contribution in [0.4, 0.5) is 5.69 Å². The van der Waals surface area contributed by atoms with Gasteiger partial charge >= 0.3 is 0 Å². The number of anilines is 1. The average molecular weight is 397 g/mol. The van der Waals surface area contributed by atoms with E-state index < -0.39 is 0 Å². The molecular formula is C25H23N3O2. The quantitative estimate of drug-likeness (QED) is 0.530. The molecule has 1 N–H and O–H groups in total. The summed E-state index contributed by atoms with van der Waals surface area (Å²) in [6.45, 7) is 4.23. The van der Waals surface area contributed by atoms with Crippen LogP contribution in [0.2, 0.25) is 0 Å². The largest absolute Gasteiger partial charge is 0.326 e. The second-order valence-electron chi connectivity index (χ2n) is 7.45. The molecule has 0 aliphatic heterocycles. The first-order chi connectivity index (χ1) is 14.5. The molecule has 0 atom stereocenters. The standard InChI is InChI=1S/C25H23N3O2/c1-17-7-11-19(12-8-17)24-21-5-3-4-6-22(21)25(30)28(27-24)16-15-23(29)26-20-13-9-18(2)10-14-20/h3-14H,15-16H2,1-2H3,(H,26,29). The Hall–Kier alpha value is -3.73. The number of fused-ring (bicyclic) bond motifs is 1. The van der Waals surface area contributed by atoms with E-state index in [2.05, 4.69) is 10.4 Å². The summed E-state index contributed by atoms with van der Waals surface area (Å²) in [7, 11) is 0. The van der Waals surface area contributed by atoms with Crippen molar-refractivity contribution in [2.75, 3.05) is 5.32 Å². The molecule has 0 aliphatic carbocycles. The van der Waals surface area contributed by atoms with Gasteiger partial charge in [0.1, 0.15) is 0 Å². The maximum absolute atomic E-state index is 12.9. The van der Waals surface area contributed by atoms with Gasteiger partial charge in [-0.3, -0.25) is 9.59 Å². The molecule has 0 spiro atoms. The zero-order chi connectivity index (χ0) is 21.1. The number of aryl methyl sites for hydroxylation is 3. The fraction of sp³-hybridized carbons (Fsp3) is 0.160. The lowest BCUT2D eigenvalue weighted by Gasteiger charge is -2.12. The lowest BCUT2D eigenvalue weighted by atomic mass is 10.0. The molecule has 30 heavy (non-hydrogen) atoms. The molecular weight excluding hydrogens is 374 g/mol. The van der Waals surface area contributed by atoms with Crippen molar-refractivity contribution in [1.29, 1.82) is 0 Å². The molecule has 4 aromatic rings. The Morgan fingerprint density at radius 1 is 0.867 bits per heavy atom. The van der Waals surface area contributed by atoms with E-state index >= 15 is 0 Å². The summed E-state index contributed by atoms with van der Waals surface area (Å²) in [5, 5.41) is 8.89. The summed E-state index contributed by atoms with van der Waals surface area (Å²) in [4.78, 5) is 25.3. The number of aromatic nitrogens is 2. The summed E-state index contributed by atoms with van der Waals surface area (Å²) in [5.74, 6) is -0.155. The minimum Gasteiger partial charge on any atom is -0.326 e. The number of nitrogens with zero attached hydrogens (tertiary/aromatic N) is 2. The topological polar surface area (TPSA) is 64.0 Å². The molecule has 3 aromatic carbocycles. The zero-order valence-corrected chi connectivity index (χ0v) is 17.1. The SMILES string of the molecule is Cc1ccc(NC(=O)CCn2nc(-c3ccc(C)cc3)c3ccccc3c2=O)cc1. The lowest BCUT2D eigenvalue weighted by molar-refractivity contribution is -0.116. The van der Waals surface area contributed by atoms with Crippen molar-refractivity contribution < 1.29 is 4.79 Å². The minimum absolute atomic E-state index is 0.155. The Labute approximate surface area is 175 Å². The number of amides is 1. The molecule has 0 unspecified atom stereocenters. The van der Waals surface area contributed by atoms with E-state index in [4.69, 9.17) is 0 Å². The Morgan fingerprint density at radius 2 is 1.47 bits per heavy atom. The molecule has 5 nitrogen and oxygen atoms in total. The predicted molar refractivity (Wildman–Crippen MR) is 121 cm³/mol. The fourth-order valence-corrected chi connectivity index (χ4v) is 3.38. The highest BCUT2D eigenvalue weighted by atomic mass is 16.2. The smallest absolute Gasteiger partial charge is 0.274 e. The maximum Gasteiger partial charge on any atom is 0.274 e. The molecule has 0 saturated heterocycles. The Kier molecular flexibility index (Phi) is 5.44. The maximum atomic E-state index is 12.9. The van der Waals surface area contributed by atoms with Crippen LogP contribution in [0, 0.1) is 13.8 Å². The van der Waals surface area contributed by atoms with Crippen LogP contribution in [0.5, 0.6) is 0 Å². The second-order valence-corrected chi connectivity index (χ2v) is 7.45. The van der Waals surface area contributed by atoms with E-state index in [-0.39, 0.29) is 24.4 Å². The zero-order valence-electron chi connectivity index (χ0n) is 17.1. The first-order valence-corrected chi connectivity index (χ1v) is 9.95. The van der Waals surface area contributed by atoms with Crippen LogP contribution in [0.15, 0.2) is 77.6 Å². The van der Waals surface area contributed by atoms with Gasteiger partial charge in [-0.25, -0.2) is 4.68 Å². The average Bonchev–Trinajstić information content (AvgIpc) is 2.76. The number of hydrogen-bond donors (Lipinski definition) is 1. The van der Waals surface area contributed by atoms with Crippen LogP contribution in [-0.2, 0) is 11.3 Å². The van der Waals surface area contributed by atoms with E-state index in [1.165, 1.54) is 4.68 Å². The van der Waals surface area contributed by atoms with Crippen molar-refractivity contribution in [3.8, 4) is 11.3 Å². The van der Waals surface area contributed by atoms with Gasteiger partial charge < -0.3 is 5.32 Å². The minimum atomic E-state index is -0.190. The highest BCUT2D eigenvalue weighted by Gasteiger charge is 2.13. The number of rotatable bonds is 5. The van der Waals surface area contributed by atoms with Gasteiger partial charge in [0, 0.05) is 23.1 Å². The summed E-state index contributed by atoms with van der Waals surface area (Å²) in [6, 6.07) is 23.1. The van der Waals surface area contributed by atoms with Gasteiger partial charge in [0.25, 0.3) is 5.56 Å². The predicted octanol–water partition coefficient (Wildman–Crippen LogP) is 4.71. The van der Waals surface area contributed by atoms with Gasteiger partial charge in [-0.2, -0.15) is 5.10 Å². The van der Waals surface area contributed by atoms with E-state index in [1.54, 1.807) is 6.07 Å². The van der Waals surface area contributed by atoms with Gasteiger partial charge in [0.15, 0.2) is 0 Å². The number of nitrogens with one attached hydrogen (secondary N) is 1. The number of carbonyl (C=O) groups excluding carboxylic acids is 1. The highest BCUT2D eigenvalue weighted by molar-refractivity contribution is 5.94. The molecule has 4 rings (SSSR count). The molecule has 0 radical (unpaired) electrons. The third kappa shape index (κ3) is 4.15. The van der Waals surface area contributed by atoms with Crippen molar-refractivity contribution in [3.05, 3.63) is 94.3 Å². The summed E-state index contributed by atoms with van der Waals surface area (Å²) >= 11 is 0. The molecule has 0 saturated carbocycles. The molecule has 0 bridgehead atoms. The summed E-state index contributed by atoms with van der Waals surface area (Å²) in [6.07, 6.45) is 0.159. The van der Waals surface area contributed by atoms with Crippen LogP contribution in [-0.4, -0.2) is 15.7 Å². The Balaban J connectivity index is 1.63. The fourth-order valence-electron chi connectivity index (χ4n) is 3.38. The van der Waals surface area contributed by atoms with E-state index in [0.29, 0.717) is 5.39 Å². The lowest BCUT2D eigenvalue weighted by Crippen LogP contribution is -2.26. The van der Waals surface area contributed by atoms with E-state index in [0.717, 1.165) is 33.5 Å². The van der Waals surface area contributed by atoms with Gasteiger partial charge in [-0.05, 0) is 32.0 Å². The van der Waals surface area contributed by atoms with Crippen molar-refractivity contribution in [1.82, 2.24) is 9.78 Å². The Morgan fingerprint density at radius 3 is 2.13 bits per heavy atom.